The molecular formula is C22H18F6N4O2. The number of rotatable bonds is 3. The van der Waals surface area contributed by atoms with Crippen LogP contribution in [0, 0.1) is 5.92 Å². The van der Waals surface area contributed by atoms with Gasteiger partial charge in [-0.15, -0.1) is 0 Å². The number of carbonyl (C=O) groups is 1. The SMILES string of the molecule is NC(=O)c1nccc2[nH]c(-c3cnc(C(F)(F)F)cc3C3CCC(C(F)(F)F)CC3)cc(=O)c12. The Hall–Kier alpha value is -3.44. The van der Waals surface area contributed by atoms with Crippen LogP contribution in [-0.4, -0.2) is 27.0 Å². The van der Waals surface area contributed by atoms with Gasteiger partial charge in [-0.1, -0.05) is 0 Å². The highest BCUT2D eigenvalue weighted by Crippen LogP contribution is 2.45. The van der Waals surface area contributed by atoms with E-state index in [0.29, 0.717) is 0 Å². The van der Waals surface area contributed by atoms with Gasteiger partial charge < -0.3 is 10.7 Å². The molecule has 34 heavy (non-hydrogen) atoms. The van der Waals surface area contributed by atoms with Crippen molar-refractivity contribution < 1.29 is 31.1 Å². The number of nitrogens with two attached hydrogens (primary N) is 1. The Labute approximate surface area is 188 Å². The number of pyridine rings is 3. The van der Waals surface area contributed by atoms with Gasteiger partial charge in [0.1, 0.15) is 11.4 Å². The first-order valence-corrected chi connectivity index (χ1v) is 10.3. The molecule has 0 aromatic carbocycles. The van der Waals surface area contributed by atoms with Crippen molar-refractivity contribution in [2.75, 3.05) is 0 Å². The summed E-state index contributed by atoms with van der Waals surface area (Å²) in [5.41, 5.74) is 3.81. The van der Waals surface area contributed by atoms with Crippen molar-refractivity contribution in [2.45, 2.75) is 44.0 Å². The van der Waals surface area contributed by atoms with Crippen LogP contribution < -0.4 is 11.2 Å². The molecule has 0 spiro atoms. The minimum atomic E-state index is -4.75. The van der Waals surface area contributed by atoms with Gasteiger partial charge in [-0.2, -0.15) is 26.3 Å². The van der Waals surface area contributed by atoms with E-state index in [4.69, 9.17) is 5.73 Å². The number of amides is 1. The molecule has 0 bridgehead atoms. The largest absolute Gasteiger partial charge is 0.433 e. The fraction of sp³-hybridized carbons (Fsp3) is 0.364. The molecule has 0 saturated heterocycles. The Kier molecular flexibility index (Phi) is 5.86. The number of nitrogens with zero attached hydrogens (tertiary/aromatic N) is 2. The number of aromatic nitrogens is 3. The number of primary amides is 1. The highest BCUT2D eigenvalue weighted by molar-refractivity contribution is 6.03. The fourth-order valence-electron chi connectivity index (χ4n) is 4.45. The number of H-pyrrole nitrogens is 1. The van der Waals surface area contributed by atoms with E-state index in [1.54, 1.807) is 0 Å². The van der Waals surface area contributed by atoms with Crippen LogP contribution in [0.1, 0.15) is 53.3 Å². The maximum atomic E-state index is 13.4. The second-order valence-electron chi connectivity index (χ2n) is 8.24. The average Bonchev–Trinajstić information content (AvgIpc) is 2.77. The predicted octanol–water partition coefficient (Wildman–Crippen LogP) is 4.94. The van der Waals surface area contributed by atoms with Gasteiger partial charge in [-0.3, -0.25) is 19.6 Å². The third kappa shape index (κ3) is 4.48. The zero-order chi connectivity index (χ0) is 24.8. The lowest BCUT2D eigenvalue weighted by molar-refractivity contribution is -0.182. The second kappa shape index (κ2) is 8.41. The lowest BCUT2D eigenvalue weighted by atomic mass is 9.77. The van der Waals surface area contributed by atoms with Gasteiger partial charge in [0.25, 0.3) is 5.91 Å². The molecule has 3 N–H and O–H groups in total. The predicted molar refractivity (Wildman–Crippen MR) is 110 cm³/mol. The molecule has 3 aromatic heterocycles. The molecule has 0 atom stereocenters. The zero-order valence-corrected chi connectivity index (χ0v) is 17.4. The van der Waals surface area contributed by atoms with Crippen LogP contribution in [0.15, 0.2) is 35.4 Å². The maximum Gasteiger partial charge on any atom is 0.433 e. The number of hydrogen-bond acceptors (Lipinski definition) is 4. The van der Waals surface area contributed by atoms with Crippen molar-refractivity contribution in [1.82, 2.24) is 15.0 Å². The molecule has 3 aromatic rings. The summed E-state index contributed by atoms with van der Waals surface area (Å²) in [5.74, 6) is -3.02. The van der Waals surface area contributed by atoms with Crippen molar-refractivity contribution in [1.29, 1.82) is 0 Å². The number of aromatic amines is 1. The quantitative estimate of drug-likeness (QED) is 0.514. The number of fused-ring (bicyclic) bond motifs is 1. The number of nitrogens with one attached hydrogen (secondary N) is 1. The first-order chi connectivity index (χ1) is 15.9. The zero-order valence-electron chi connectivity index (χ0n) is 17.4. The molecule has 3 heterocycles. The van der Waals surface area contributed by atoms with Gasteiger partial charge in [-0.25, -0.2) is 0 Å². The fourth-order valence-corrected chi connectivity index (χ4v) is 4.45. The standard InChI is InChI=1S/C22H18F6N4O2/c23-21(24,25)11-3-1-10(2-4-11)12-7-17(22(26,27)28)31-9-13(12)15-8-16(33)18-14(32-15)5-6-30-19(18)20(29)34/h5-11H,1-4H2,(H2,29,34)(H,32,33). The highest BCUT2D eigenvalue weighted by atomic mass is 19.4. The summed E-state index contributed by atoms with van der Waals surface area (Å²) < 4.78 is 79.3. The second-order valence-corrected chi connectivity index (χ2v) is 8.24. The molecular weight excluding hydrogens is 466 g/mol. The molecule has 0 radical (unpaired) electrons. The van der Waals surface area contributed by atoms with Crippen LogP contribution in [0.2, 0.25) is 0 Å². The van der Waals surface area contributed by atoms with Crippen molar-refractivity contribution in [3.63, 3.8) is 0 Å². The summed E-state index contributed by atoms with van der Waals surface area (Å²) >= 11 is 0. The van der Waals surface area contributed by atoms with Crippen LogP contribution in [0.25, 0.3) is 22.2 Å². The van der Waals surface area contributed by atoms with Crippen LogP contribution in [0.3, 0.4) is 0 Å². The highest BCUT2D eigenvalue weighted by Gasteiger charge is 2.42. The topological polar surface area (TPSA) is 102 Å². The van der Waals surface area contributed by atoms with E-state index in [9.17, 15) is 35.9 Å². The number of hydrogen-bond donors (Lipinski definition) is 2. The Balaban J connectivity index is 1.83. The summed E-state index contributed by atoms with van der Waals surface area (Å²) in [4.78, 5) is 34.6. The van der Waals surface area contributed by atoms with Crippen molar-refractivity contribution in [3.05, 3.63) is 57.8 Å². The first kappa shape index (κ1) is 23.7. The molecule has 0 unspecified atom stereocenters. The molecule has 1 amide bonds. The molecule has 1 saturated carbocycles. The molecule has 180 valence electrons. The molecule has 4 rings (SSSR count). The van der Waals surface area contributed by atoms with E-state index in [-0.39, 0.29) is 59.1 Å². The van der Waals surface area contributed by atoms with Gasteiger partial charge >= 0.3 is 12.4 Å². The van der Waals surface area contributed by atoms with Crippen molar-refractivity contribution >= 4 is 16.8 Å². The monoisotopic (exact) mass is 484 g/mol. The summed E-state index contributed by atoms with van der Waals surface area (Å²) in [5, 5.41) is -0.0779. The van der Waals surface area contributed by atoms with E-state index in [0.717, 1.165) is 18.3 Å². The smallest absolute Gasteiger partial charge is 0.364 e. The Bertz CT molecular complexity index is 1310. The van der Waals surface area contributed by atoms with Gasteiger partial charge in [0.2, 0.25) is 0 Å². The van der Waals surface area contributed by atoms with Crippen LogP contribution in [0.4, 0.5) is 26.3 Å². The maximum absolute atomic E-state index is 13.4. The normalized spacial score (nSPS) is 19.4. The van der Waals surface area contributed by atoms with E-state index in [1.807, 2.05) is 0 Å². The number of halogens is 6. The summed E-state index contributed by atoms with van der Waals surface area (Å²) in [6, 6.07) is 3.32. The summed E-state index contributed by atoms with van der Waals surface area (Å²) in [7, 11) is 0. The van der Waals surface area contributed by atoms with Crippen LogP contribution in [-0.2, 0) is 6.18 Å². The summed E-state index contributed by atoms with van der Waals surface area (Å²) in [6.07, 6.45) is -7.27. The van der Waals surface area contributed by atoms with Crippen molar-refractivity contribution in [2.24, 2.45) is 11.7 Å². The Morgan fingerprint density at radius 1 is 1.03 bits per heavy atom. The molecule has 6 nitrogen and oxygen atoms in total. The molecule has 12 heteroatoms. The molecule has 1 aliphatic carbocycles. The third-order valence-electron chi connectivity index (χ3n) is 6.12. The lowest BCUT2D eigenvalue weighted by Gasteiger charge is -2.31. The van der Waals surface area contributed by atoms with Crippen LogP contribution >= 0.6 is 0 Å². The van der Waals surface area contributed by atoms with E-state index in [1.165, 1.54) is 12.3 Å². The van der Waals surface area contributed by atoms with Gasteiger partial charge in [0.05, 0.1) is 22.5 Å². The Morgan fingerprint density at radius 3 is 2.29 bits per heavy atom. The summed E-state index contributed by atoms with van der Waals surface area (Å²) in [6.45, 7) is 0. The minimum Gasteiger partial charge on any atom is -0.364 e. The molecule has 0 aliphatic heterocycles. The van der Waals surface area contributed by atoms with Gasteiger partial charge in [0.15, 0.2) is 5.43 Å². The lowest BCUT2D eigenvalue weighted by Crippen LogP contribution is -2.27. The molecule has 1 fully saturated rings. The van der Waals surface area contributed by atoms with Gasteiger partial charge in [0, 0.05) is 24.0 Å². The van der Waals surface area contributed by atoms with Crippen molar-refractivity contribution in [3.8, 4) is 11.3 Å². The Morgan fingerprint density at radius 2 is 1.71 bits per heavy atom. The van der Waals surface area contributed by atoms with E-state index < -0.39 is 41.2 Å². The minimum absolute atomic E-state index is 0.0338. The number of carbonyl (C=O) groups excluding carboxylic acids is 1. The van der Waals surface area contributed by atoms with Gasteiger partial charge in [-0.05, 0) is 49.3 Å². The number of alkyl halides is 6. The third-order valence-corrected chi connectivity index (χ3v) is 6.12. The van der Waals surface area contributed by atoms with E-state index >= 15 is 0 Å². The first-order valence-electron chi connectivity index (χ1n) is 10.3. The molecule has 1 aliphatic rings. The van der Waals surface area contributed by atoms with E-state index in [2.05, 4.69) is 15.0 Å². The van der Waals surface area contributed by atoms with Crippen LogP contribution in [0.5, 0.6) is 0 Å². The average molecular weight is 484 g/mol.